The summed E-state index contributed by atoms with van der Waals surface area (Å²) in [4.78, 5) is 12.4. The van der Waals surface area contributed by atoms with Gasteiger partial charge in [0.05, 0.1) is 6.21 Å². The molecule has 0 aromatic heterocycles. The smallest absolute Gasteiger partial charge is 0.280 e. The van der Waals surface area contributed by atoms with Gasteiger partial charge in [-0.1, -0.05) is 84.9 Å². The summed E-state index contributed by atoms with van der Waals surface area (Å²) in [5.41, 5.74) is 6.59. The fraction of sp³-hybridized carbons (Fsp3) is 0.103. The Hall–Kier alpha value is -4.38. The maximum Gasteiger partial charge on any atom is 0.280 e. The third-order valence-electron chi connectivity index (χ3n) is 5.18. The molecule has 0 spiro atoms. The van der Waals surface area contributed by atoms with E-state index in [0.717, 1.165) is 22.3 Å². The molecule has 0 heterocycles. The molecule has 0 aliphatic heterocycles. The maximum atomic E-state index is 12.4. The lowest BCUT2D eigenvalue weighted by atomic mass is 10.1. The minimum atomic E-state index is -0.704. The SMILES string of the molecule is C[C@@H](Oc1ccc(-c2ccccc2)cc1)C(=O)N/N=C\c1ccccc1OCc1ccccc1. The lowest BCUT2D eigenvalue weighted by Gasteiger charge is -2.13. The first-order chi connectivity index (χ1) is 16.7. The Labute approximate surface area is 199 Å². The third kappa shape index (κ3) is 6.33. The van der Waals surface area contributed by atoms with Crippen LogP contribution in [0, 0.1) is 0 Å². The van der Waals surface area contributed by atoms with Crippen molar-refractivity contribution in [3.8, 4) is 22.6 Å². The quantitative estimate of drug-likeness (QED) is 0.257. The van der Waals surface area contributed by atoms with E-state index in [1.165, 1.54) is 0 Å². The van der Waals surface area contributed by atoms with Crippen LogP contribution in [0.15, 0.2) is 114 Å². The number of hydrogen-bond acceptors (Lipinski definition) is 4. The number of hydrogen-bond donors (Lipinski definition) is 1. The molecule has 0 saturated heterocycles. The van der Waals surface area contributed by atoms with Crippen LogP contribution in [0.25, 0.3) is 11.1 Å². The Bertz CT molecular complexity index is 1220. The summed E-state index contributed by atoms with van der Waals surface area (Å²) in [5.74, 6) is 0.962. The summed E-state index contributed by atoms with van der Waals surface area (Å²) in [5, 5.41) is 4.09. The normalized spacial score (nSPS) is 11.7. The van der Waals surface area contributed by atoms with Gasteiger partial charge in [0.25, 0.3) is 5.91 Å². The van der Waals surface area contributed by atoms with Crippen molar-refractivity contribution < 1.29 is 14.3 Å². The second kappa shape index (κ2) is 11.5. The van der Waals surface area contributed by atoms with Crippen molar-refractivity contribution in [2.24, 2.45) is 5.10 Å². The first-order valence-corrected chi connectivity index (χ1v) is 11.1. The van der Waals surface area contributed by atoms with Crippen molar-refractivity contribution in [1.29, 1.82) is 0 Å². The summed E-state index contributed by atoms with van der Waals surface area (Å²) in [6.45, 7) is 2.14. The van der Waals surface area contributed by atoms with Gasteiger partial charge in [-0.25, -0.2) is 5.43 Å². The van der Waals surface area contributed by atoms with Gasteiger partial charge in [-0.05, 0) is 47.9 Å². The van der Waals surface area contributed by atoms with Crippen LogP contribution in [0.5, 0.6) is 11.5 Å². The average molecular weight is 451 g/mol. The molecule has 0 fully saturated rings. The lowest BCUT2D eigenvalue weighted by Crippen LogP contribution is -2.33. The minimum Gasteiger partial charge on any atom is -0.488 e. The van der Waals surface area contributed by atoms with Crippen LogP contribution in [0.3, 0.4) is 0 Å². The summed E-state index contributed by atoms with van der Waals surface area (Å²) in [6.07, 6.45) is 0.865. The maximum absolute atomic E-state index is 12.4. The molecular formula is C29H26N2O3. The van der Waals surface area contributed by atoms with Crippen LogP contribution in [-0.4, -0.2) is 18.2 Å². The van der Waals surface area contributed by atoms with Gasteiger partial charge in [0.15, 0.2) is 6.10 Å². The number of carbonyl (C=O) groups is 1. The number of amides is 1. The molecule has 4 aromatic rings. The van der Waals surface area contributed by atoms with Crippen molar-refractivity contribution >= 4 is 12.1 Å². The Morgan fingerprint density at radius 3 is 2.18 bits per heavy atom. The second-order valence-corrected chi connectivity index (χ2v) is 7.70. The highest BCUT2D eigenvalue weighted by Gasteiger charge is 2.14. The van der Waals surface area contributed by atoms with Gasteiger partial charge in [-0.2, -0.15) is 5.10 Å². The van der Waals surface area contributed by atoms with E-state index in [-0.39, 0.29) is 5.91 Å². The molecule has 0 aliphatic carbocycles. The van der Waals surface area contributed by atoms with Crippen molar-refractivity contribution in [1.82, 2.24) is 5.43 Å². The molecule has 34 heavy (non-hydrogen) atoms. The Morgan fingerprint density at radius 2 is 1.44 bits per heavy atom. The highest BCUT2D eigenvalue weighted by Crippen LogP contribution is 2.22. The monoisotopic (exact) mass is 450 g/mol. The topological polar surface area (TPSA) is 59.9 Å². The molecule has 0 unspecified atom stereocenters. The molecule has 1 atom stereocenters. The van der Waals surface area contributed by atoms with Gasteiger partial charge in [-0.15, -0.1) is 0 Å². The summed E-state index contributed by atoms with van der Waals surface area (Å²) in [7, 11) is 0. The molecule has 170 valence electrons. The molecule has 1 amide bonds. The molecule has 5 heteroatoms. The molecule has 0 saturated carbocycles. The van der Waals surface area contributed by atoms with Crippen LogP contribution in [0.1, 0.15) is 18.1 Å². The third-order valence-corrected chi connectivity index (χ3v) is 5.18. The molecular weight excluding hydrogens is 424 g/mol. The van der Waals surface area contributed by atoms with E-state index in [4.69, 9.17) is 9.47 Å². The van der Waals surface area contributed by atoms with E-state index in [1.54, 1.807) is 13.1 Å². The number of para-hydroxylation sites is 1. The minimum absolute atomic E-state index is 0.342. The van der Waals surface area contributed by atoms with Gasteiger partial charge < -0.3 is 9.47 Å². The van der Waals surface area contributed by atoms with E-state index in [0.29, 0.717) is 18.1 Å². The van der Waals surface area contributed by atoms with Crippen LogP contribution in [0.4, 0.5) is 0 Å². The number of hydrazone groups is 1. The van der Waals surface area contributed by atoms with E-state index < -0.39 is 6.10 Å². The molecule has 4 rings (SSSR count). The Balaban J connectivity index is 1.30. The fourth-order valence-electron chi connectivity index (χ4n) is 3.32. The van der Waals surface area contributed by atoms with Crippen molar-refractivity contribution in [2.75, 3.05) is 0 Å². The van der Waals surface area contributed by atoms with Gasteiger partial charge in [0.1, 0.15) is 18.1 Å². The molecule has 0 bridgehead atoms. The number of carbonyl (C=O) groups excluding carboxylic acids is 1. The number of benzene rings is 4. The van der Waals surface area contributed by atoms with Crippen LogP contribution in [-0.2, 0) is 11.4 Å². The van der Waals surface area contributed by atoms with Crippen molar-refractivity contribution in [3.63, 3.8) is 0 Å². The Kier molecular flexibility index (Phi) is 7.70. The zero-order valence-electron chi connectivity index (χ0n) is 18.9. The van der Waals surface area contributed by atoms with E-state index in [9.17, 15) is 4.79 Å². The molecule has 5 nitrogen and oxygen atoms in total. The van der Waals surface area contributed by atoms with Gasteiger partial charge in [0, 0.05) is 5.56 Å². The zero-order valence-corrected chi connectivity index (χ0v) is 18.9. The summed E-state index contributed by atoms with van der Waals surface area (Å²) >= 11 is 0. The first-order valence-electron chi connectivity index (χ1n) is 11.1. The van der Waals surface area contributed by atoms with Gasteiger partial charge >= 0.3 is 0 Å². The molecule has 0 aliphatic rings. The highest BCUT2D eigenvalue weighted by atomic mass is 16.5. The predicted octanol–water partition coefficient (Wildman–Crippen LogP) is 5.85. The van der Waals surface area contributed by atoms with Gasteiger partial charge in [0.2, 0.25) is 0 Å². The standard InChI is InChI=1S/C29H26N2O3/c1-22(34-27-18-16-25(17-19-27)24-12-6-3-7-13-24)29(32)31-30-20-26-14-8-9-15-28(26)33-21-23-10-4-2-5-11-23/h2-20,22H,21H2,1H3,(H,31,32)/b30-20-/t22-/m1/s1. The summed E-state index contributed by atoms with van der Waals surface area (Å²) < 4.78 is 11.7. The lowest BCUT2D eigenvalue weighted by molar-refractivity contribution is -0.127. The largest absolute Gasteiger partial charge is 0.488 e. The zero-order chi connectivity index (χ0) is 23.6. The van der Waals surface area contributed by atoms with Crippen LogP contribution >= 0.6 is 0 Å². The highest BCUT2D eigenvalue weighted by molar-refractivity contribution is 5.86. The van der Waals surface area contributed by atoms with Gasteiger partial charge in [-0.3, -0.25) is 4.79 Å². The predicted molar refractivity (Wildman–Crippen MR) is 135 cm³/mol. The average Bonchev–Trinajstić information content (AvgIpc) is 2.89. The number of nitrogens with one attached hydrogen (secondary N) is 1. The van der Waals surface area contributed by atoms with E-state index in [2.05, 4.69) is 22.7 Å². The fourth-order valence-corrected chi connectivity index (χ4v) is 3.32. The van der Waals surface area contributed by atoms with Crippen molar-refractivity contribution in [2.45, 2.75) is 19.6 Å². The molecule has 1 N–H and O–H groups in total. The van der Waals surface area contributed by atoms with E-state index in [1.807, 2.05) is 97.1 Å². The van der Waals surface area contributed by atoms with Crippen LogP contribution in [0.2, 0.25) is 0 Å². The molecule has 0 radical (unpaired) electrons. The Morgan fingerprint density at radius 1 is 0.824 bits per heavy atom. The number of rotatable bonds is 9. The number of nitrogens with zero attached hydrogens (tertiary/aromatic N) is 1. The van der Waals surface area contributed by atoms with Crippen molar-refractivity contribution in [3.05, 3.63) is 120 Å². The van der Waals surface area contributed by atoms with E-state index >= 15 is 0 Å². The first kappa shape index (κ1) is 22.8. The molecule has 4 aromatic carbocycles. The van der Waals surface area contributed by atoms with Crippen LogP contribution < -0.4 is 14.9 Å². The number of ether oxygens (including phenoxy) is 2. The second-order valence-electron chi connectivity index (χ2n) is 7.70. The summed E-state index contributed by atoms with van der Waals surface area (Å²) in [6, 6.07) is 35.2.